The second kappa shape index (κ2) is 5.11. The summed E-state index contributed by atoms with van der Waals surface area (Å²) in [5, 5.41) is -0.473. The van der Waals surface area contributed by atoms with Gasteiger partial charge in [0.15, 0.2) is 0 Å². The molecule has 1 atom stereocenters. The fraction of sp³-hybridized carbons (Fsp3) is 0.500. The van der Waals surface area contributed by atoms with Crippen LogP contribution in [0.3, 0.4) is 0 Å². The van der Waals surface area contributed by atoms with Crippen molar-refractivity contribution in [3.8, 4) is 0 Å². The summed E-state index contributed by atoms with van der Waals surface area (Å²) in [4.78, 5) is 0. The Morgan fingerprint density at radius 1 is 1.25 bits per heavy atom. The smallest absolute Gasteiger partial charge is 0.128 e. The van der Waals surface area contributed by atoms with Crippen molar-refractivity contribution in [3.63, 3.8) is 0 Å². The van der Waals surface area contributed by atoms with Crippen LogP contribution in [-0.2, 0) is 4.74 Å². The summed E-state index contributed by atoms with van der Waals surface area (Å²) < 4.78 is 31.7. The standard InChI is InChI=1S/C12H13ClF2O/c13-12(8-3-5-16-6-4-8)10-7-9(14)1-2-11(10)15/h1-2,7-8,12H,3-6H2. The van der Waals surface area contributed by atoms with E-state index in [0.717, 1.165) is 25.0 Å². The van der Waals surface area contributed by atoms with E-state index in [1.54, 1.807) is 0 Å². The lowest BCUT2D eigenvalue weighted by atomic mass is 9.91. The van der Waals surface area contributed by atoms with Crippen molar-refractivity contribution in [2.45, 2.75) is 18.2 Å². The number of hydrogen-bond donors (Lipinski definition) is 0. The highest BCUT2D eigenvalue weighted by Gasteiger charge is 2.25. The molecule has 1 nitrogen and oxygen atoms in total. The van der Waals surface area contributed by atoms with E-state index in [2.05, 4.69) is 0 Å². The minimum atomic E-state index is -0.473. The minimum absolute atomic E-state index is 0.159. The van der Waals surface area contributed by atoms with E-state index in [-0.39, 0.29) is 11.5 Å². The zero-order chi connectivity index (χ0) is 11.5. The summed E-state index contributed by atoms with van der Waals surface area (Å²) in [6.45, 7) is 1.29. The Morgan fingerprint density at radius 2 is 1.94 bits per heavy atom. The summed E-state index contributed by atoms with van der Waals surface area (Å²) in [6, 6.07) is 3.41. The van der Waals surface area contributed by atoms with Crippen LogP contribution in [0.15, 0.2) is 18.2 Å². The van der Waals surface area contributed by atoms with E-state index in [4.69, 9.17) is 16.3 Å². The Kier molecular flexibility index (Phi) is 3.77. The molecular formula is C12H13ClF2O. The van der Waals surface area contributed by atoms with Gasteiger partial charge < -0.3 is 4.74 Å². The Hall–Kier alpha value is -0.670. The molecule has 0 aromatic heterocycles. The summed E-state index contributed by atoms with van der Waals surface area (Å²) in [5.41, 5.74) is 0.258. The molecule has 1 aliphatic rings. The molecule has 4 heteroatoms. The second-order valence-electron chi connectivity index (χ2n) is 4.02. The zero-order valence-electron chi connectivity index (χ0n) is 8.76. The molecule has 16 heavy (non-hydrogen) atoms. The Morgan fingerprint density at radius 3 is 2.62 bits per heavy atom. The zero-order valence-corrected chi connectivity index (χ0v) is 9.51. The van der Waals surface area contributed by atoms with Crippen LogP contribution < -0.4 is 0 Å². The summed E-state index contributed by atoms with van der Waals surface area (Å²) >= 11 is 6.20. The van der Waals surface area contributed by atoms with Crippen LogP contribution in [0, 0.1) is 17.6 Å². The van der Waals surface area contributed by atoms with Crippen LogP contribution in [0.2, 0.25) is 0 Å². The van der Waals surface area contributed by atoms with E-state index in [9.17, 15) is 8.78 Å². The molecule has 0 N–H and O–H groups in total. The largest absolute Gasteiger partial charge is 0.381 e. The quantitative estimate of drug-likeness (QED) is 0.724. The number of benzene rings is 1. The molecule has 88 valence electrons. The highest BCUT2D eigenvalue weighted by Crippen LogP contribution is 2.36. The second-order valence-corrected chi connectivity index (χ2v) is 4.49. The molecule has 0 bridgehead atoms. The van der Waals surface area contributed by atoms with Gasteiger partial charge in [0.2, 0.25) is 0 Å². The van der Waals surface area contributed by atoms with Crippen LogP contribution >= 0.6 is 11.6 Å². The highest BCUT2D eigenvalue weighted by molar-refractivity contribution is 6.21. The number of alkyl halides is 1. The molecule has 1 aromatic carbocycles. The predicted molar refractivity (Wildman–Crippen MR) is 58.5 cm³/mol. The van der Waals surface area contributed by atoms with Crippen LogP contribution in [0.1, 0.15) is 23.8 Å². The highest BCUT2D eigenvalue weighted by atomic mass is 35.5. The maximum absolute atomic E-state index is 13.5. The third-order valence-electron chi connectivity index (χ3n) is 2.93. The van der Waals surface area contributed by atoms with Crippen LogP contribution in [0.5, 0.6) is 0 Å². The molecule has 1 fully saturated rings. The topological polar surface area (TPSA) is 9.23 Å². The van der Waals surface area contributed by atoms with Gasteiger partial charge in [-0.1, -0.05) is 0 Å². The van der Waals surface area contributed by atoms with Gasteiger partial charge in [0, 0.05) is 18.8 Å². The van der Waals surface area contributed by atoms with E-state index in [1.807, 2.05) is 0 Å². The first kappa shape index (κ1) is 11.8. The van der Waals surface area contributed by atoms with Gasteiger partial charge in [-0.25, -0.2) is 8.78 Å². The molecule has 2 rings (SSSR count). The molecule has 0 aliphatic carbocycles. The molecule has 0 saturated carbocycles. The third kappa shape index (κ3) is 2.53. The lowest BCUT2D eigenvalue weighted by molar-refractivity contribution is 0.0648. The normalized spacial score (nSPS) is 19.7. The van der Waals surface area contributed by atoms with Gasteiger partial charge in [-0.2, -0.15) is 0 Å². The molecule has 0 amide bonds. The number of halogens is 3. The average molecular weight is 247 g/mol. The first-order valence-corrected chi connectivity index (χ1v) is 5.79. The van der Waals surface area contributed by atoms with E-state index in [1.165, 1.54) is 6.07 Å². The molecule has 0 spiro atoms. The molecular weight excluding hydrogens is 234 g/mol. The fourth-order valence-corrected chi connectivity index (χ4v) is 2.41. The van der Waals surface area contributed by atoms with Crippen molar-refractivity contribution >= 4 is 11.6 Å². The minimum Gasteiger partial charge on any atom is -0.381 e. The maximum atomic E-state index is 13.5. The number of ether oxygens (including phenoxy) is 1. The molecule has 1 aliphatic heterocycles. The summed E-state index contributed by atoms with van der Waals surface area (Å²) in [6.07, 6.45) is 1.59. The molecule has 1 heterocycles. The maximum Gasteiger partial charge on any atom is 0.128 e. The van der Waals surface area contributed by atoms with Crippen molar-refractivity contribution in [3.05, 3.63) is 35.4 Å². The van der Waals surface area contributed by atoms with Gasteiger partial charge in [-0.3, -0.25) is 0 Å². The van der Waals surface area contributed by atoms with Crippen molar-refractivity contribution in [2.75, 3.05) is 13.2 Å². The number of hydrogen-bond acceptors (Lipinski definition) is 1. The van der Waals surface area contributed by atoms with E-state index >= 15 is 0 Å². The van der Waals surface area contributed by atoms with Gasteiger partial charge in [0.05, 0.1) is 5.38 Å². The lowest BCUT2D eigenvalue weighted by Gasteiger charge is -2.26. The van der Waals surface area contributed by atoms with Gasteiger partial charge in [0.1, 0.15) is 11.6 Å². The lowest BCUT2D eigenvalue weighted by Crippen LogP contribution is -2.20. The monoisotopic (exact) mass is 246 g/mol. The van der Waals surface area contributed by atoms with Crippen LogP contribution in [-0.4, -0.2) is 13.2 Å². The van der Waals surface area contributed by atoms with Gasteiger partial charge in [-0.15, -0.1) is 11.6 Å². The Bertz CT molecular complexity index is 364. The number of rotatable bonds is 2. The Balaban J connectivity index is 2.18. The van der Waals surface area contributed by atoms with E-state index < -0.39 is 17.0 Å². The Labute approximate surface area is 98.4 Å². The van der Waals surface area contributed by atoms with E-state index in [0.29, 0.717) is 13.2 Å². The fourth-order valence-electron chi connectivity index (χ4n) is 1.99. The first-order valence-electron chi connectivity index (χ1n) is 5.35. The van der Waals surface area contributed by atoms with Crippen molar-refractivity contribution < 1.29 is 13.5 Å². The molecule has 1 saturated heterocycles. The average Bonchev–Trinajstić information content (AvgIpc) is 2.32. The molecule has 1 aromatic rings. The first-order chi connectivity index (χ1) is 7.68. The van der Waals surface area contributed by atoms with Crippen LogP contribution in [0.25, 0.3) is 0 Å². The van der Waals surface area contributed by atoms with Crippen LogP contribution in [0.4, 0.5) is 8.78 Å². The SMILES string of the molecule is Fc1ccc(F)c(C(Cl)C2CCOCC2)c1. The molecule has 0 radical (unpaired) electrons. The van der Waals surface area contributed by atoms with Crippen molar-refractivity contribution in [1.82, 2.24) is 0 Å². The molecule has 1 unspecified atom stereocenters. The predicted octanol–water partition coefficient (Wildman–Crippen LogP) is 3.67. The van der Waals surface area contributed by atoms with Crippen molar-refractivity contribution in [2.24, 2.45) is 5.92 Å². The van der Waals surface area contributed by atoms with Crippen molar-refractivity contribution in [1.29, 1.82) is 0 Å². The van der Waals surface area contributed by atoms with Gasteiger partial charge in [-0.05, 0) is 37.0 Å². The van der Waals surface area contributed by atoms with Gasteiger partial charge >= 0.3 is 0 Å². The summed E-state index contributed by atoms with van der Waals surface area (Å²) in [5.74, 6) is -0.728. The summed E-state index contributed by atoms with van der Waals surface area (Å²) in [7, 11) is 0. The van der Waals surface area contributed by atoms with Gasteiger partial charge in [0.25, 0.3) is 0 Å². The third-order valence-corrected chi connectivity index (χ3v) is 3.53.